The molecule has 0 aliphatic carbocycles. The number of carbonyl (C=O) groups excluding carboxylic acids is 1. The van der Waals surface area contributed by atoms with Crippen LogP contribution in [0.25, 0.3) is 0 Å². The Morgan fingerprint density at radius 1 is 1.12 bits per heavy atom. The molecule has 0 bridgehead atoms. The average Bonchev–Trinajstić information content (AvgIpc) is 3.34. The zero-order valence-corrected chi connectivity index (χ0v) is 21.1. The van der Waals surface area contributed by atoms with E-state index < -0.39 is 5.60 Å². The number of halogens is 1. The van der Waals surface area contributed by atoms with E-state index >= 15 is 0 Å². The molecule has 1 aliphatic heterocycles. The number of furan rings is 1. The molecule has 0 radical (unpaired) electrons. The molecule has 0 saturated carbocycles. The first kappa shape index (κ1) is 26.0. The number of nitrogens with one attached hydrogen (secondary N) is 2. The molecular weight excluding hydrogens is 521 g/mol. The molecule has 9 heteroatoms. The summed E-state index contributed by atoms with van der Waals surface area (Å²) in [5.74, 6) is 1.17. The molecular formula is C23H34IN5O3. The van der Waals surface area contributed by atoms with E-state index in [1.165, 1.54) is 12.0 Å². The number of anilines is 1. The molecule has 1 aromatic heterocycles. The lowest BCUT2D eigenvalue weighted by atomic mass is 10.0. The molecule has 2 aromatic rings. The predicted octanol–water partition coefficient (Wildman–Crippen LogP) is 2.40. The zero-order chi connectivity index (χ0) is 22.1. The second-order valence-corrected chi connectivity index (χ2v) is 7.83. The summed E-state index contributed by atoms with van der Waals surface area (Å²) in [5, 5.41) is 16.9. The maximum atomic E-state index is 12.6. The average molecular weight is 555 g/mol. The van der Waals surface area contributed by atoms with Crippen molar-refractivity contribution in [1.82, 2.24) is 15.5 Å². The molecule has 1 aliphatic rings. The molecule has 1 fully saturated rings. The third-order valence-electron chi connectivity index (χ3n) is 5.33. The van der Waals surface area contributed by atoms with Gasteiger partial charge in [0.25, 0.3) is 0 Å². The van der Waals surface area contributed by atoms with Crippen molar-refractivity contribution < 1.29 is 14.3 Å². The van der Waals surface area contributed by atoms with Gasteiger partial charge in [-0.3, -0.25) is 4.79 Å². The molecule has 176 valence electrons. The van der Waals surface area contributed by atoms with Gasteiger partial charge in [0.1, 0.15) is 11.4 Å². The number of amides is 1. The summed E-state index contributed by atoms with van der Waals surface area (Å²) in [6, 6.07) is 13.8. The number of guanidine groups is 1. The summed E-state index contributed by atoms with van der Waals surface area (Å²) in [4.78, 5) is 21.3. The molecule has 32 heavy (non-hydrogen) atoms. The standard InChI is InChI=1S/C23H33N5O3.HI/c1-3-24-22(26-18-23(2,30)20-10-7-17-31-20)25-12-11-21(29)28-15-13-27(14-16-28)19-8-5-4-6-9-19;/h4-10,17,30H,3,11-16,18H2,1-2H3,(H2,24,25,26);1H. The van der Waals surface area contributed by atoms with Gasteiger partial charge < -0.3 is 30.0 Å². The topological polar surface area (TPSA) is 93.3 Å². The van der Waals surface area contributed by atoms with Gasteiger partial charge in [0.15, 0.2) is 5.96 Å². The first-order chi connectivity index (χ1) is 15.0. The first-order valence-electron chi connectivity index (χ1n) is 10.9. The second-order valence-electron chi connectivity index (χ2n) is 7.83. The Labute approximate surface area is 207 Å². The van der Waals surface area contributed by atoms with Crippen molar-refractivity contribution in [1.29, 1.82) is 0 Å². The SMILES string of the molecule is CCNC(=NCC(C)(O)c1ccco1)NCCC(=O)N1CCN(c2ccccc2)CC1.I. The van der Waals surface area contributed by atoms with Gasteiger partial charge in [-0.1, -0.05) is 18.2 Å². The third kappa shape index (κ3) is 7.40. The van der Waals surface area contributed by atoms with Crippen molar-refractivity contribution in [3.05, 3.63) is 54.5 Å². The lowest BCUT2D eigenvalue weighted by molar-refractivity contribution is -0.131. The molecule has 1 amide bonds. The van der Waals surface area contributed by atoms with Crippen LogP contribution in [0.4, 0.5) is 5.69 Å². The predicted molar refractivity (Wildman–Crippen MR) is 138 cm³/mol. The molecule has 8 nitrogen and oxygen atoms in total. The Morgan fingerprint density at radius 3 is 2.47 bits per heavy atom. The van der Waals surface area contributed by atoms with Gasteiger partial charge in [-0.25, -0.2) is 4.99 Å². The number of benzene rings is 1. The van der Waals surface area contributed by atoms with Crippen molar-refractivity contribution in [3.63, 3.8) is 0 Å². The van der Waals surface area contributed by atoms with Gasteiger partial charge in [-0.2, -0.15) is 0 Å². The smallest absolute Gasteiger partial charge is 0.224 e. The van der Waals surface area contributed by atoms with Gasteiger partial charge in [-0.15, -0.1) is 24.0 Å². The Bertz CT molecular complexity index is 835. The van der Waals surface area contributed by atoms with Crippen molar-refractivity contribution in [3.8, 4) is 0 Å². The second kappa shape index (κ2) is 12.7. The summed E-state index contributed by atoms with van der Waals surface area (Å²) in [7, 11) is 0. The zero-order valence-electron chi connectivity index (χ0n) is 18.8. The monoisotopic (exact) mass is 555 g/mol. The van der Waals surface area contributed by atoms with E-state index in [2.05, 4.69) is 32.7 Å². The molecule has 1 unspecified atom stereocenters. The largest absolute Gasteiger partial charge is 0.466 e. The van der Waals surface area contributed by atoms with Gasteiger partial charge in [0.2, 0.25) is 5.91 Å². The van der Waals surface area contributed by atoms with E-state index in [9.17, 15) is 9.90 Å². The molecule has 1 atom stereocenters. The molecule has 3 N–H and O–H groups in total. The number of aliphatic hydroxyl groups is 1. The van der Waals surface area contributed by atoms with Crippen LogP contribution >= 0.6 is 24.0 Å². The molecule has 0 spiro atoms. The van der Waals surface area contributed by atoms with E-state index in [1.54, 1.807) is 19.1 Å². The van der Waals surface area contributed by atoms with Gasteiger partial charge >= 0.3 is 0 Å². The van der Waals surface area contributed by atoms with E-state index in [-0.39, 0.29) is 36.4 Å². The Hall–Kier alpha value is -2.27. The minimum absolute atomic E-state index is 0. The highest BCUT2D eigenvalue weighted by molar-refractivity contribution is 14.0. The van der Waals surface area contributed by atoms with Crippen LogP contribution in [0.15, 0.2) is 58.1 Å². The number of carbonyl (C=O) groups is 1. The van der Waals surface area contributed by atoms with Crippen molar-refractivity contribution >= 4 is 41.5 Å². The van der Waals surface area contributed by atoms with Gasteiger partial charge in [0, 0.05) is 51.4 Å². The summed E-state index contributed by atoms with van der Waals surface area (Å²) in [5.41, 5.74) is 0.00768. The number of para-hydroxylation sites is 1. The van der Waals surface area contributed by atoms with Gasteiger partial charge in [0.05, 0.1) is 12.8 Å². The Morgan fingerprint density at radius 2 is 1.84 bits per heavy atom. The molecule has 1 aromatic carbocycles. The van der Waals surface area contributed by atoms with Crippen LogP contribution in [0, 0.1) is 0 Å². The minimum atomic E-state index is -1.19. The van der Waals surface area contributed by atoms with Crippen LogP contribution in [0.1, 0.15) is 26.0 Å². The van der Waals surface area contributed by atoms with Crippen LogP contribution in [0.3, 0.4) is 0 Å². The summed E-state index contributed by atoms with van der Waals surface area (Å²) in [6.45, 7) is 8.09. The molecule has 3 rings (SSSR count). The number of piperazine rings is 1. The van der Waals surface area contributed by atoms with Crippen LogP contribution in [-0.4, -0.2) is 67.7 Å². The minimum Gasteiger partial charge on any atom is -0.466 e. The van der Waals surface area contributed by atoms with Crippen LogP contribution in [0.2, 0.25) is 0 Å². The molecule has 1 saturated heterocycles. The highest BCUT2D eigenvalue weighted by Crippen LogP contribution is 2.21. The quantitative estimate of drug-likeness (QED) is 0.263. The van der Waals surface area contributed by atoms with Crippen LogP contribution in [-0.2, 0) is 10.4 Å². The van der Waals surface area contributed by atoms with Crippen LogP contribution in [0.5, 0.6) is 0 Å². The Kier molecular flexibility index (Phi) is 10.3. The summed E-state index contributed by atoms with van der Waals surface area (Å²) < 4.78 is 5.29. The lowest BCUT2D eigenvalue weighted by Crippen LogP contribution is -2.49. The highest BCUT2D eigenvalue weighted by atomic mass is 127. The first-order valence-corrected chi connectivity index (χ1v) is 10.9. The fourth-order valence-corrected chi connectivity index (χ4v) is 3.54. The number of aliphatic imine (C=N–C) groups is 1. The van der Waals surface area contributed by atoms with Crippen molar-refractivity contribution in [2.75, 3.05) is 50.7 Å². The summed E-state index contributed by atoms with van der Waals surface area (Å²) in [6.07, 6.45) is 1.92. The van der Waals surface area contributed by atoms with Crippen molar-refractivity contribution in [2.45, 2.75) is 25.9 Å². The Balaban J connectivity index is 0.00000363. The number of nitrogens with zero attached hydrogens (tertiary/aromatic N) is 3. The van der Waals surface area contributed by atoms with E-state index in [0.717, 1.165) is 26.2 Å². The number of hydrogen-bond donors (Lipinski definition) is 3. The highest BCUT2D eigenvalue weighted by Gasteiger charge is 2.26. The number of hydrogen-bond acceptors (Lipinski definition) is 5. The summed E-state index contributed by atoms with van der Waals surface area (Å²) >= 11 is 0. The number of rotatable bonds is 8. The van der Waals surface area contributed by atoms with E-state index in [1.807, 2.05) is 30.0 Å². The van der Waals surface area contributed by atoms with E-state index in [4.69, 9.17) is 4.42 Å². The fourth-order valence-electron chi connectivity index (χ4n) is 3.54. The van der Waals surface area contributed by atoms with E-state index in [0.29, 0.717) is 31.2 Å². The lowest BCUT2D eigenvalue weighted by Gasteiger charge is -2.36. The van der Waals surface area contributed by atoms with Crippen LogP contribution < -0.4 is 15.5 Å². The normalized spacial score (nSPS) is 16.2. The maximum Gasteiger partial charge on any atom is 0.224 e. The van der Waals surface area contributed by atoms with Crippen molar-refractivity contribution in [2.24, 2.45) is 4.99 Å². The van der Waals surface area contributed by atoms with Gasteiger partial charge in [-0.05, 0) is 38.1 Å². The third-order valence-corrected chi connectivity index (χ3v) is 5.33. The molecule has 2 heterocycles. The maximum absolute atomic E-state index is 12.6. The fraction of sp³-hybridized carbons (Fsp3) is 0.478.